The van der Waals surface area contributed by atoms with E-state index in [4.69, 9.17) is 9.84 Å². The first-order chi connectivity index (χ1) is 16.0. The number of ether oxygens (including phenoxy) is 1. The molecule has 4 aliphatic rings. The summed E-state index contributed by atoms with van der Waals surface area (Å²) in [4.78, 5) is 46.2. The van der Waals surface area contributed by atoms with E-state index in [0.717, 1.165) is 25.7 Å². The highest BCUT2D eigenvalue weighted by Gasteiger charge is 2.71. The highest BCUT2D eigenvalue weighted by atomic mass is 16.5. The maximum absolute atomic E-state index is 13.9. The number of rotatable bonds is 9. The molecule has 0 aliphatic carbocycles. The average molecular weight is 460 g/mol. The van der Waals surface area contributed by atoms with Crippen molar-refractivity contribution < 1.29 is 24.2 Å². The number of aliphatic hydroxyl groups excluding tert-OH is 1. The van der Waals surface area contributed by atoms with E-state index in [2.05, 4.69) is 6.92 Å². The van der Waals surface area contributed by atoms with Crippen molar-refractivity contribution in [2.45, 2.75) is 63.2 Å². The normalized spacial score (nSPS) is 33.3. The Morgan fingerprint density at radius 3 is 2.55 bits per heavy atom. The van der Waals surface area contributed by atoms with E-state index >= 15 is 0 Å². The van der Waals surface area contributed by atoms with Gasteiger partial charge in [-0.15, -0.1) is 0 Å². The van der Waals surface area contributed by atoms with Crippen LogP contribution in [0.3, 0.4) is 0 Å². The van der Waals surface area contributed by atoms with Crippen LogP contribution in [0.4, 0.5) is 0 Å². The van der Waals surface area contributed by atoms with Crippen LogP contribution in [0.2, 0.25) is 0 Å². The molecule has 2 saturated heterocycles. The molecule has 2 fully saturated rings. The summed E-state index contributed by atoms with van der Waals surface area (Å²) in [5.74, 6) is -1.70. The van der Waals surface area contributed by atoms with Crippen LogP contribution < -0.4 is 0 Å². The van der Waals surface area contributed by atoms with E-state index in [1.54, 1.807) is 16.8 Å². The van der Waals surface area contributed by atoms with Gasteiger partial charge in [-0.3, -0.25) is 14.4 Å². The fourth-order valence-corrected chi connectivity index (χ4v) is 5.87. The Hall–Kier alpha value is -2.19. The summed E-state index contributed by atoms with van der Waals surface area (Å²) >= 11 is 0. The Labute approximate surface area is 196 Å². The fourth-order valence-electron chi connectivity index (χ4n) is 5.87. The van der Waals surface area contributed by atoms with Crippen molar-refractivity contribution in [3.8, 4) is 0 Å². The van der Waals surface area contributed by atoms with Crippen LogP contribution in [-0.4, -0.2) is 95.1 Å². The molecule has 33 heavy (non-hydrogen) atoms. The SMILES string of the molecule is CCCCCN1CC=C[C@]23O[C@H]4C=CCN(C)C(=O)[C@H]4[C@H]2C(=O)N(CCCCCO)C3C1=O. The van der Waals surface area contributed by atoms with Crippen molar-refractivity contribution in [1.82, 2.24) is 14.7 Å². The van der Waals surface area contributed by atoms with Crippen LogP contribution in [-0.2, 0) is 19.1 Å². The molecule has 0 saturated carbocycles. The highest BCUT2D eigenvalue weighted by molar-refractivity contribution is 5.99. The third kappa shape index (κ3) is 4.12. The van der Waals surface area contributed by atoms with Crippen molar-refractivity contribution >= 4 is 17.7 Å². The molecule has 182 valence electrons. The number of aliphatic hydroxyl groups is 1. The second-order valence-corrected chi connectivity index (χ2v) is 9.70. The maximum atomic E-state index is 13.9. The number of hydrogen-bond acceptors (Lipinski definition) is 5. The van der Waals surface area contributed by atoms with Crippen molar-refractivity contribution in [3.05, 3.63) is 24.3 Å². The van der Waals surface area contributed by atoms with Gasteiger partial charge in [-0.1, -0.05) is 44.1 Å². The Morgan fingerprint density at radius 2 is 1.79 bits per heavy atom. The van der Waals surface area contributed by atoms with E-state index in [0.29, 0.717) is 39.0 Å². The Balaban J connectivity index is 1.70. The number of hydrogen-bond donors (Lipinski definition) is 1. The van der Waals surface area contributed by atoms with Gasteiger partial charge in [0.1, 0.15) is 11.6 Å². The minimum atomic E-state index is -1.13. The number of amides is 3. The van der Waals surface area contributed by atoms with Crippen LogP contribution in [0, 0.1) is 11.8 Å². The maximum Gasteiger partial charge on any atom is 0.249 e. The van der Waals surface area contributed by atoms with E-state index in [1.165, 1.54) is 0 Å². The molecule has 0 aromatic heterocycles. The topological polar surface area (TPSA) is 90.4 Å². The summed E-state index contributed by atoms with van der Waals surface area (Å²) in [6, 6.07) is -0.761. The molecule has 4 heterocycles. The van der Waals surface area contributed by atoms with Crippen LogP contribution >= 0.6 is 0 Å². The molecule has 4 rings (SSSR count). The third-order valence-corrected chi connectivity index (χ3v) is 7.53. The molecule has 3 amide bonds. The monoisotopic (exact) mass is 459 g/mol. The smallest absolute Gasteiger partial charge is 0.249 e. The zero-order valence-corrected chi connectivity index (χ0v) is 19.8. The van der Waals surface area contributed by atoms with Crippen molar-refractivity contribution in [2.24, 2.45) is 11.8 Å². The summed E-state index contributed by atoms with van der Waals surface area (Å²) in [5, 5.41) is 9.14. The van der Waals surface area contributed by atoms with Gasteiger partial charge in [0.25, 0.3) is 0 Å². The second-order valence-electron chi connectivity index (χ2n) is 9.70. The van der Waals surface area contributed by atoms with Gasteiger partial charge < -0.3 is 24.5 Å². The molecule has 8 heteroatoms. The van der Waals surface area contributed by atoms with Gasteiger partial charge in [-0.05, 0) is 25.7 Å². The first kappa shape index (κ1) is 24.0. The molecule has 0 aromatic rings. The number of carbonyl (C=O) groups excluding carboxylic acids is 3. The molecule has 5 atom stereocenters. The second kappa shape index (κ2) is 9.97. The summed E-state index contributed by atoms with van der Waals surface area (Å²) in [7, 11) is 1.74. The van der Waals surface area contributed by atoms with Crippen molar-refractivity contribution in [2.75, 3.05) is 39.8 Å². The molecular formula is C25H37N3O5. The zero-order valence-electron chi connectivity index (χ0n) is 19.8. The number of likely N-dealkylation sites (tertiary alicyclic amines) is 1. The van der Waals surface area contributed by atoms with Crippen LogP contribution in [0.5, 0.6) is 0 Å². The van der Waals surface area contributed by atoms with E-state index < -0.39 is 29.6 Å². The summed E-state index contributed by atoms with van der Waals surface area (Å²) in [6.45, 7) is 4.28. The Morgan fingerprint density at radius 1 is 1.00 bits per heavy atom. The van der Waals surface area contributed by atoms with E-state index in [9.17, 15) is 14.4 Å². The first-order valence-electron chi connectivity index (χ1n) is 12.4. The number of carbonyl (C=O) groups is 3. The lowest BCUT2D eigenvalue weighted by atomic mass is 9.77. The van der Waals surface area contributed by atoms with Crippen molar-refractivity contribution in [3.63, 3.8) is 0 Å². The Kier molecular flexibility index (Phi) is 7.24. The first-order valence-corrected chi connectivity index (χ1v) is 12.4. The molecule has 1 unspecified atom stereocenters. The summed E-state index contributed by atoms with van der Waals surface area (Å²) in [6.07, 6.45) is 12.3. The third-order valence-electron chi connectivity index (χ3n) is 7.53. The predicted molar refractivity (Wildman–Crippen MR) is 123 cm³/mol. The number of nitrogens with zero attached hydrogens (tertiary/aromatic N) is 3. The summed E-state index contributed by atoms with van der Waals surface area (Å²) in [5.41, 5.74) is -1.13. The van der Waals surface area contributed by atoms with E-state index in [1.807, 2.05) is 29.2 Å². The quantitative estimate of drug-likeness (QED) is 0.415. The number of fused-ring (bicyclic) bond motifs is 2. The molecule has 8 nitrogen and oxygen atoms in total. The molecule has 0 aromatic carbocycles. The fraction of sp³-hybridized carbons (Fsp3) is 0.720. The lowest BCUT2D eigenvalue weighted by Crippen LogP contribution is -2.55. The van der Waals surface area contributed by atoms with Gasteiger partial charge >= 0.3 is 0 Å². The number of unbranched alkanes of at least 4 members (excludes halogenated alkanes) is 4. The van der Waals surface area contributed by atoms with Gasteiger partial charge in [0.05, 0.1) is 17.9 Å². The predicted octanol–water partition coefficient (Wildman–Crippen LogP) is 1.35. The highest BCUT2D eigenvalue weighted by Crippen LogP contribution is 2.53. The zero-order chi connectivity index (χ0) is 23.6. The molecule has 0 bridgehead atoms. The minimum absolute atomic E-state index is 0.0876. The van der Waals surface area contributed by atoms with Gasteiger partial charge in [-0.2, -0.15) is 0 Å². The van der Waals surface area contributed by atoms with Crippen molar-refractivity contribution in [1.29, 1.82) is 0 Å². The average Bonchev–Trinajstić information content (AvgIpc) is 3.12. The minimum Gasteiger partial charge on any atom is -0.396 e. The van der Waals surface area contributed by atoms with Gasteiger partial charge in [0.15, 0.2) is 0 Å². The van der Waals surface area contributed by atoms with Crippen LogP contribution in [0.15, 0.2) is 24.3 Å². The van der Waals surface area contributed by atoms with Gasteiger partial charge in [0.2, 0.25) is 17.7 Å². The van der Waals surface area contributed by atoms with Gasteiger partial charge in [0, 0.05) is 39.8 Å². The molecule has 1 spiro atoms. The molecule has 0 radical (unpaired) electrons. The molecule has 4 aliphatic heterocycles. The summed E-state index contributed by atoms with van der Waals surface area (Å²) < 4.78 is 6.56. The van der Waals surface area contributed by atoms with E-state index in [-0.39, 0.29) is 24.3 Å². The van der Waals surface area contributed by atoms with Crippen LogP contribution in [0.1, 0.15) is 45.4 Å². The molecular weight excluding hydrogens is 422 g/mol. The standard InChI is InChI=1S/C25H37N3O5/c1-3-4-6-14-27-15-10-12-25-20(19-18(33-25)11-9-13-26(2)22(19)30)23(31)28(21(25)24(27)32)16-7-5-8-17-29/h9-12,18-21,29H,3-8,13-17H2,1-2H3/t18-,19+,20-,21?,25-/m0/s1. The lowest BCUT2D eigenvalue weighted by Gasteiger charge is -2.35. The largest absolute Gasteiger partial charge is 0.396 e. The Bertz CT molecular complexity index is 827. The lowest BCUT2D eigenvalue weighted by molar-refractivity contribution is -0.148. The van der Waals surface area contributed by atoms with Crippen LogP contribution in [0.25, 0.3) is 0 Å². The number of likely N-dealkylation sites (N-methyl/N-ethyl adjacent to an activating group) is 1. The van der Waals surface area contributed by atoms with Gasteiger partial charge in [-0.25, -0.2) is 0 Å². The molecule has 1 N–H and O–H groups in total.